The summed E-state index contributed by atoms with van der Waals surface area (Å²) in [5, 5.41) is 24.0. The van der Waals surface area contributed by atoms with Crippen LogP contribution in [0.25, 0.3) is 0 Å². The second kappa shape index (κ2) is 5.15. The second-order valence-corrected chi connectivity index (χ2v) is 3.30. The Morgan fingerprint density at radius 3 is 2.53 bits per heavy atom. The Labute approximate surface area is 97.4 Å². The number of aryl methyl sites for hydroxylation is 2. The molecule has 0 fully saturated rings. The van der Waals surface area contributed by atoms with Gasteiger partial charge in [-0.15, -0.1) is 0 Å². The van der Waals surface area contributed by atoms with Crippen molar-refractivity contribution < 1.29 is 19.8 Å². The molecule has 0 bridgehead atoms. The molecule has 0 aliphatic heterocycles. The summed E-state index contributed by atoms with van der Waals surface area (Å²) in [4.78, 5) is 21.2. The molecule has 1 aromatic heterocycles. The highest BCUT2D eigenvalue weighted by Crippen LogP contribution is 2.10. The number of carboxylic acid groups (broad SMARTS) is 2. The molecule has 7 heteroatoms. The van der Waals surface area contributed by atoms with E-state index < -0.39 is 17.5 Å². The van der Waals surface area contributed by atoms with Crippen LogP contribution in [-0.4, -0.2) is 31.9 Å². The van der Waals surface area contributed by atoms with Crippen molar-refractivity contribution in [2.75, 3.05) is 5.32 Å². The molecule has 0 unspecified atom stereocenters. The van der Waals surface area contributed by atoms with E-state index in [1.165, 1.54) is 0 Å². The number of hydrogen-bond donors (Lipinski definition) is 3. The van der Waals surface area contributed by atoms with E-state index in [1.54, 1.807) is 17.7 Å². The monoisotopic (exact) mass is 239 g/mol. The number of hydrogen-bond acceptors (Lipinski definition) is 4. The third kappa shape index (κ3) is 3.07. The third-order valence-electron chi connectivity index (χ3n) is 2.03. The van der Waals surface area contributed by atoms with E-state index in [0.29, 0.717) is 12.4 Å². The van der Waals surface area contributed by atoms with E-state index in [4.69, 9.17) is 10.2 Å². The maximum atomic E-state index is 10.6. The van der Waals surface area contributed by atoms with Crippen LogP contribution < -0.4 is 5.32 Å². The highest BCUT2D eigenvalue weighted by Gasteiger charge is 2.15. The summed E-state index contributed by atoms with van der Waals surface area (Å²) in [7, 11) is 0. The molecule has 1 rings (SSSR count). The van der Waals surface area contributed by atoms with E-state index in [0.717, 1.165) is 11.9 Å². The zero-order valence-corrected chi connectivity index (χ0v) is 9.47. The summed E-state index contributed by atoms with van der Waals surface area (Å²) >= 11 is 0. The quantitative estimate of drug-likeness (QED) is 0.396. The molecule has 1 aromatic rings. The minimum Gasteiger partial charge on any atom is -0.477 e. The number of anilines is 1. The van der Waals surface area contributed by atoms with Crippen molar-refractivity contribution in [2.24, 2.45) is 0 Å². The Hall–Kier alpha value is -2.31. The highest BCUT2D eigenvalue weighted by atomic mass is 16.4. The average Bonchev–Trinajstić information content (AvgIpc) is 2.58. The Morgan fingerprint density at radius 1 is 1.47 bits per heavy atom. The lowest BCUT2D eigenvalue weighted by molar-refractivity contribution is -0.140. The minimum atomic E-state index is -1.50. The lowest BCUT2D eigenvalue weighted by Crippen LogP contribution is -2.13. The van der Waals surface area contributed by atoms with Gasteiger partial charge in [0.15, 0.2) is 5.57 Å². The normalized spacial score (nSPS) is 9.76. The number of aliphatic carboxylic acids is 2. The lowest BCUT2D eigenvalue weighted by Gasteiger charge is -2.04. The number of nitrogens with zero attached hydrogens (tertiary/aromatic N) is 2. The van der Waals surface area contributed by atoms with Crippen LogP contribution in [0.1, 0.15) is 12.6 Å². The molecule has 0 radical (unpaired) electrons. The van der Waals surface area contributed by atoms with Gasteiger partial charge in [-0.05, 0) is 13.8 Å². The molecule has 3 N–H and O–H groups in total. The Morgan fingerprint density at radius 2 is 2.06 bits per heavy atom. The van der Waals surface area contributed by atoms with Crippen LogP contribution in [0.5, 0.6) is 0 Å². The molecule has 17 heavy (non-hydrogen) atoms. The van der Waals surface area contributed by atoms with Crippen LogP contribution in [0.4, 0.5) is 5.82 Å². The van der Waals surface area contributed by atoms with Gasteiger partial charge in [-0.1, -0.05) is 0 Å². The van der Waals surface area contributed by atoms with Gasteiger partial charge in [0.1, 0.15) is 5.82 Å². The Kier molecular flexibility index (Phi) is 3.86. The fourth-order valence-electron chi connectivity index (χ4n) is 1.26. The molecule has 0 amide bonds. The van der Waals surface area contributed by atoms with Crippen molar-refractivity contribution in [3.05, 3.63) is 23.5 Å². The largest absolute Gasteiger partial charge is 0.477 e. The number of rotatable bonds is 5. The van der Waals surface area contributed by atoms with Gasteiger partial charge in [-0.3, -0.25) is 0 Å². The molecule has 7 nitrogen and oxygen atoms in total. The number of carboxylic acids is 2. The van der Waals surface area contributed by atoms with Crippen LogP contribution in [0.3, 0.4) is 0 Å². The van der Waals surface area contributed by atoms with E-state index >= 15 is 0 Å². The predicted octanol–water partition coefficient (Wildman–Crippen LogP) is 0.676. The molecule has 0 spiro atoms. The summed E-state index contributed by atoms with van der Waals surface area (Å²) in [5.74, 6) is -2.45. The SMILES string of the molecule is CCn1nc(C)cc1NC=C(C(=O)O)C(=O)O. The van der Waals surface area contributed by atoms with Crippen LogP contribution in [0.15, 0.2) is 17.8 Å². The van der Waals surface area contributed by atoms with Gasteiger partial charge >= 0.3 is 11.9 Å². The first kappa shape index (κ1) is 12.8. The fourth-order valence-corrected chi connectivity index (χ4v) is 1.26. The first-order valence-electron chi connectivity index (χ1n) is 4.93. The molecule has 0 aliphatic rings. The number of carbonyl (C=O) groups is 2. The van der Waals surface area contributed by atoms with Gasteiger partial charge in [-0.2, -0.15) is 5.10 Å². The highest BCUT2D eigenvalue weighted by molar-refractivity contribution is 6.12. The number of nitrogens with one attached hydrogen (secondary N) is 1. The van der Waals surface area contributed by atoms with Crippen LogP contribution in [0, 0.1) is 6.92 Å². The zero-order valence-electron chi connectivity index (χ0n) is 9.47. The molecule has 0 atom stereocenters. The van der Waals surface area contributed by atoms with Crippen molar-refractivity contribution in [1.82, 2.24) is 9.78 Å². The second-order valence-electron chi connectivity index (χ2n) is 3.30. The molecule has 0 saturated heterocycles. The van der Waals surface area contributed by atoms with Gasteiger partial charge in [0, 0.05) is 18.8 Å². The third-order valence-corrected chi connectivity index (χ3v) is 2.03. The van der Waals surface area contributed by atoms with Crippen LogP contribution >= 0.6 is 0 Å². The minimum absolute atomic E-state index is 0.546. The first-order chi connectivity index (χ1) is 7.95. The van der Waals surface area contributed by atoms with E-state index in [9.17, 15) is 9.59 Å². The Bertz CT molecular complexity index is 460. The van der Waals surface area contributed by atoms with Crippen molar-refractivity contribution in [2.45, 2.75) is 20.4 Å². The fraction of sp³-hybridized carbons (Fsp3) is 0.300. The lowest BCUT2D eigenvalue weighted by atomic mass is 10.3. The molecule has 1 heterocycles. The maximum Gasteiger partial charge on any atom is 0.344 e. The van der Waals surface area contributed by atoms with Crippen molar-refractivity contribution in [1.29, 1.82) is 0 Å². The molecule has 0 aliphatic carbocycles. The standard InChI is InChI=1S/C10H13N3O4/c1-3-13-8(4-6(2)12-13)11-5-7(9(14)15)10(16)17/h4-5,11H,3H2,1-2H3,(H,14,15)(H,16,17). The van der Waals surface area contributed by atoms with Crippen molar-refractivity contribution in [3.8, 4) is 0 Å². The molecule has 92 valence electrons. The summed E-state index contributed by atoms with van der Waals surface area (Å²) in [6, 6.07) is 1.70. The zero-order chi connectivity index (χ0) is 13.0. The average molecular weight is 239 g/mol. The van der Waals surface area contributed by atoms with Gasteiger partial charge in [0.05, 0.1) is 5.69 Å². The van der Waals surface area contributed by atoms with Crippen LogP contribution in [0.2, 0.25) is 0 Å². The smallest absolute Gasteiger partial charge is 0.344 e. The van der Waals surface area contributed by atoms with Gasteiger partial charge < -0.3 is 15.5 Å². The summed E-state index contributed by atoms with van der Waals surface area (Å²) in [5.41, 5.74) is 0.0291. The first-order valence-corrected chi connectivity index (χ1v) is 4.93. The predicted molar refractivity (Wildman–Crippen MR) is 59.6 cm³/mol. The molecule has 0 saturated carbocycles. The molecular weight excluding hydrogens is 226 g/mol. The van der Waals surface area contributed by atoms with Crippen molar-refractivity contribution >= 4 is 17.8 Å². The summed E-state index contributed by atoms with van der Waals surface area (Å²) < 4.78 is 1.60. The summed E-state index contributed by atoms with van der Waals surface area (Å²) in [6.45, 7) is 4.26. The molecule has 0 aromatic carbocycles. The topological polar surface area (TPSA) is 104 Å². The summed E-state index contributed by atoms with van der Waals surface area (Å²) in [6.07, 6.45) is 0.938. The van der Waals surface area contributed by atoms with Crippen LogP contribution in [-0.2, 0) is 16.1 Å². The maximum absolute atomic E-state index is 10.6. The van der Waals surface area contributed by atoms with E-state index in [1.807, 2.05) is 6.92 Å². The van der Waals surface area contributed by atoms with E-state index in [2.05, 4.69) is 10.4 Å². The van der Waals surface area contributed by atoms with Crippen molar-refractivity contribution in [3.63, 3.8) is 0 Å². The van der Waals surface area contributed by atoms with Gasteiger partial charge in [-0.25, -0.2) is 14.3 Å². The number of aromatic nitrogens is 2. The molecular formula is C10H13N3O4. The van der Waals surface area contributed by atoms with E-state index in [-0.39, 0.29) is 0 Å². The van der Waals surface area contributed by atoms with Gasteiger partial charge in [0.2, 0.25) is 0 Å². The van der Waals surface area contributed by atoms with Gasteiger partial charge in [0.25, 0.3) is 0 Å². The Balaban J connectivity index is 2.94.